The summed E-state index contributed by atoms with van der Waals surface area (Å²) in [4.78, 5) is 34.6. The van der Waals surface area contributed by atoms with E-state index in [-0.39, 0.29) is 11.9 Å². The van der Waals surface area contributed by atoms with Gasteiger partial charge >= 0.3 is 5.97 Å². The zero-order chi connectivity index (χ0) is 22.9. The Kier molecular flexibility index (Phi) is 6.00. The number of para-hydroxylation sites is 1. The first-order valence-corrected chi connectivity index (χ1v) is 12.8. The summed E-state index contributed by atoms with van der Waals surface area (Å²) in [6.07, 6.45) is 3.77. The number of ether oxygens (including phenoxy) is 1. The molecule has 1 aromatic carbocycles. The van der Waals surface area contributed by atoms with Crippen molar-refractivity contribution in [1.82, 2.24) is 4.98 Å². The third-order valence-corrected chi connectivity index (χ3v) is 8.31. The minimum Gasteiger partial charge on any atom is -0.462 e. The van der Waals surface area contributed by atoms with Crippen LogP contribution in [0.1, 0.15) is 56.3 Å². The lowest BCUT2D eigenvalue weighted by molar-refractivity contribution is 0.0527. The monoisotopic (exact) mass is 476 g/mol. The molecule has 1 N–H and O–H groups in total. The molecule has 7 heteroatoms. The van der Waals surface area contributed by atoms with Crippen LogP contribution in [0.2, 0.25) is 0 Å². The predicted octanol–water partition coefficient (Wildman–Crippen LogP) is 6.50. The number of nitrogens with zero attached hydrogens (tertiary/aromatic N) is 1. The van der Waals surface area contributed by atoms with Gasteiger partial charge < -0.3 is 10.1 Å². The van der Waals surface area contributed by atoms with E-state index in [2.05, 4.69) is 24.4 Å². The van der Waals surface area contributed by atoms with Crippen LogP contribution >= 0.6 is 22.7 Å². The number of rotatable bonds is 6. The molecule has 1 aliphatic rings. The van der Waals surface area contributed by atoms with Crippen molar-refractivity contribution in [3.8, 4) is 10.6 Å². The van der Waals surface area contributed by atoms with Gasteiger partial charge in [0, 0.05) is 15.1 Å². The van der Waals surface area contributed by atoms with Gasteiger partial charge in [0.2, 0.25) is 0 Å². The molecule has 5 rings (SSSR count). The second-order valence-corrected chi connectivity index (χ2v) is 10.2. The summed E-state index contributed by atoms with van der Waals surface area (Å²) in [6, 6.07) is 13.7. The Labute approximate surface area is 200 Å². The van der Waals surface area contributed by atoms with E-state index in [1.54, 1.807) is 18.3 Å². The van der Waals surface area contributed by atoms with Crippen molar-refractivity contribution in [2.24, 2.45) is 0 Å². The molecule has 0 radical (unpaired) electrons. The molecule has 3 heterocycles. The Morgan fingerprint density at radius 1 is 1.09 bits per heavy atom. The molecule has 5 nitrogen and oxygen atoms in total. The Morgan fingerprint density at radius 2 is 1.94 bits per heavy atom. The third-order valence-electron chi connectivity index (χ3n) is 5.85. The van der Waals surface area contributed by atoms with E-state index in [1.807, 2.05) is 30.3 Å². The van der Waals surface area contributed by atoms with Crippen LogP contribution in [0.4, 0.5) is 5.00 Å². The third kappa shape index (κ3) is 4.07. The molecule has 0 saturated heterocycles. The van der Waals surface area contributed by atoms with Gasteiger partial charge in [-0.3, -0.25) is 4.79 Å². The molecule has 4 aromatic rings. The van der Waals surface area contributed by atoms with Gasteiger partial charge in [-0.1, -0.05) is 25.1 Å². The van der Waals surface area contributed by atoms with E-state index >= 15 is 0 Å². The van der Waals surface area contributed by atoms with Crippen LogP contribution in [0.3, 0.4) is 0 Å². The van der Waals surface area contributed by atoms with Crippen molar-refractivity contribution in [2.75, 3.05) is 11.9 Å². The first-order chi connectivity index (χ1) is 16.1. The summed E-state index contributed by atoms with van der Waals surface area (Å²) < 4.78 is 5.31. The number of nitrogens with one attached hydrogen (secondary N) is 1. The highest BCUT2D eigenvalue weighted by atomic mass is 32.1. The molecular weight excluding hydrogens is 452 g/mol. The SMILES string of the molecule is CCOC(=O)c1c(NC(=O)c2cc(-c3ccc(CC)s3)nc3ccccc23)sc2c1CCC2. The molecule has 3 aromatic heterocycles. The Morgan fingerprint density at radius 3 is 2.73 bits per heavy atom. The molecule has 168 valence electrons. The van der Waals surface area contributed by atoms with Crippen LogP contribution in [0.25, 0.3) is 21.5 Å². The highest BCUT2D eigenvalue weighted by Gasteiger charge is 2.29. The van der Waals surface area contributed by atoms with Crippen molar-refractivity contribution in [1.29, 1.82) is 0 Å². The lowest BCUT2D eigenvalue weighted by Crippen LogP contribution is -2.16. The van der Waals surface area contributed by atoms with Crippen molar-refractivity contribution in [3.05, 3.63) is 68.9 Å². The first kappa shape index (κ1) is 21.8. The maximum absolute atomic E-state index is 13.6. The molecule has 1 aliphatic carbocycles. The number of amides is 1. The first-order valence-electron chi connectivity index (χ1n) is 11.2. The van der Waals surface area contributed by atoms with Gasteiger partial charge in [0.1, 0.15) is 5.00 Å². The van der Waals surface area contributed by atoms with Gasteiger partial charge in [-0.2, -0.15) is 0 Å². The van der Waals surface area contributed by atoms with Crippen molar-refractivity contribution >= 4 is 50.5 Å². The van der Waals surface area contributed by atoms with Crippen molar-refractivity contribution in [3.63, 3.8) is 0 Å². The number of esters is 1. The molecule has 0 saturated carbocycles. The van der Waals surface area contributed by atoms with Crippen LogP contribution < -0.4 is 5.32 Å². The number of carbonyl (C=O) groups is 2. The smallest absolute Gasteiger partial charge is 0.341 e. The van der Waals surface area contributed by atoms with Crippen molar-refractivity contribution in [2.45, 2.75) is 39.5 Å². The number of benzene rings is 1. The minimum absolute atomic E-state index is 0.243. The van der Waals surface area contributed by atoms with Crippen molar-refractivity contribution < 1.29 is 14.3 Å². The van der Waals surface area contributed by atoms with Gasteiger partial charge in [-0.15, -0.1) is 22.7 Å². The molecule has 0 fully saturated rings. The Balaban J connectivity index is 1.56. The van der Waals surface area contributed by atoms with E-state index in [1.165, 1.54) is 21.1 Å². The summed E-state index contributed by atoms with van der Waals surface area (Å²) in [5.74, 6) is -0.606. The summed E-state index contributed by atoms with van der Waals surface area (Å²) in [6.45, 7) is 4.22. The normalized spacial score (nSPS) is 12.7. The average molecular weight is 477 g/mol. The van der Waals surface area contributed by atoms with Crippen LogP contribution in [0.5, 0.6) is 0 Å². The Hall–Kier alpha value is -3.03. The van der Waals surface area contributed by atoms with Gasteiger partial charge in [0.25, 0.3) is 5.91 Å². The maximum Gasteiger partial charge on any atom is 0.341 e. The van der Waals surface area contributed by atoms with Gasteiger partial charge in [-0.25, -0.2) is 9.78 Å². The largest absolute Gasteiger partial charge is 0.462 e. The zero-order valence-electron chi connectivity index (χ0n) is 18.6. The quantitative estimate of drug-likeness (QED) is 0.322. The van der Waals surface area contributed by atoms with E-state index in [4.69, 9.17) is 9.72 Å². The molecular formula is C26H24N2O3S2. The van der Waals surface area contributed by atoms with Crippen LogP contribution in [0.15, 0.2) is 42.5 Å². The molecule has 0 aliphatic heterocycles. The van der Waals surface area contributed by atoms with Gasteiger partial charge in [-0.05, 0) is 62.4 Å². The fraction of sp³-hybridized carbons (Fsp3) is 0.269. The average Bonchev–Trinajstić information content (AvgIpc) is 3.54. The molecule has 0 bridgehead atoms. The van der Waals surface area contributed by atoms with Gasteiger partial charge in [0.15, 0.2) is 0 Å². The molecule has 0 unspecified atom stereocenters. The predicted molar refractivity (Wildman–Crippen MR) is 135 cm³/mol. The van der Waals surface area contributed by atoms with Crippen LogP contribution in [-0.2, 0) is 24.0 Å². The zero-order valence-corrected chi connectivity index (χ0v) is 20.2. The van der Waals surface area contributed by atoms with E-state index in [0.717, 1.165) is 52.7 Å². The summed E-state index contributed by atoms with van der Waals surface area (Å²) in [5, 5.41) is 4.40. The number of carbonyl (C=O) groups excluding carboxylic acids is 2. The summed E-state index contributed by atoms with van der Waals surface area (Å²) in [5.41, 5.74) is 3.64. The fourth-order valence-electron chi connectivity index (χ4n) is 4.28. The number of pyridine rings is 1. The van der Waals surface area contributed by atoms with E-state index < -0.39 is 0 Å². The highest BCUT2D eigenvalue weighted by molar-refractivity contribution is 7.17. The van der Waals surface area contributed by atoms with Gasteiger partial charge in [0.05, 0.1) is 33.8 Å². The molecule has 0 atom stereocenters. The summed E-state index contributed by atoms with van der Waals surface area (Å²) in [7, 11) is 0. The maximum atomic E-state index is 13.6. The molecule has 1 amide bonds. The molecule has 0 spiro atoms. The fourth-order valence-corrected chi connectivity index (χ4v) is 6.46. The lowest BCUT2D eigenvalue weighted by atomic mass is 10.1. The number of hydrogen-bond acceptors (Lipinski definition) is 6. The topological polar surface area (TPSA) is 68.3 Å². The highest BCUT2D eigenvalue weighted by Crippen LogP contribution is 2.40. The van der Waals surface area contributed by atoms with E-state index in [0.29, 0.717) is 22.7 Å². The number of fused-ring (bicyclic) bond motifs is 2. The van der Waals surface area contributed by atoms with Crippen LogP contribution in [-0.4, -0.2) is 23.5 Å². The number of thiophene rings is 2. The second-order valence-electron chi connectivity index (χ2n) is 7.93. The molecule has 33 heavy (non-hydrogen) atoms. The summed E-state index contributed by atoms with van der Waals surface area (Å²) >= 11 is 3.19. The standard InChI is InChI=1S/C26H24N2O3S2/c1-3-15-12-13-22(32-15)20-14-18(16-8-5-6-10-19(16)27-20)24(29)28-25-23(26(30)31-4-2)17-9-7-11-21(17)33-25/h5-6,8,10,12-14H,3-4,7,9,11H2,1-2H3,(H,28,29). The number of anilines is 1. The minimum atomic E-state index is -0.363. The number of aromatic nitrogens is 1. The Bertz CT molecular complexity index is 1370. The number of hydrogen-bond donors (Lipinski definition) is 1. The second kappa shape index (κ2) is 9.08. The number of aryl methyl sites for hydroxylation is 2. The van der Waals surface area contributed by atoms with Crippen LogP contribution in [0, 0.1) is 0 Å². The lowest BCUT2D eigenvalue weighted by Gasteiger charge is -2.11. The van der Waals surface area contributed by atoms with E-state index in [9.17, 15) is 9.59 Å².